The largest absolute Gasteiger partial charge is 0.496 e. The molecule has 0 bridgehead atoms. The molecule has 18 heavy (non-hydrogen) atoms. The molecule has 0 aliphatic carbocycles. The maximum Gasteiger partial charge on any atom is 0.190 e. The van der Waals surface area contributed by atoms with Gasteiger partial charge in [0.1, 0.15) is 5.75 Å². The molecule has 5 heteroatoms. The van der Waals surface area contributed by atoms with Crippen molar-refractivity contribution in [2.75, 3.05) is 27.7 Å². The zero-order valence-electron chi connectivity index (χ0n) is 11.1. The lowest BCUT2D eigenvalue weighted by Gasteiger charge is -2.10. The molecular formula is C13H20BrN3O. The van der Waals surface area contributed by atoms with Crippen LogP contribution in [0.5, 0.6) is 5.75 Å². The van der Waals surface area contributed by atoms with Gasteiger partial charge in [0.25, 0.3) is 0 Å². The smallest absolute Gasteiger partial charge is 0.190 e. The van der Waals surface area contributed by atoms with Crippen LogP contribution in [-0.2, 0) is 6.42 Å². The Morgan fingerprint density at radius 1 is 1.44 bits per heavy atom. The lowest BCUT2D eigenvalue weighted by atomic mass is 10.1. The van der Waals surface area contributed by atoms with Crippen LogP contribution >= 0.6 is 15.9 Å². The summed E-state index contributed by atoms with van der Waals surface area (Å²) in [7, 11) is 5.32. The van der Waals surface area contributed by atoms with Crippen LogP contribution in [0.25, 0.3) is 0 Å². The van der Waals surface area contributed by atoms with E-state index in [0.29, 0.717) is 0 Å². The van der Waals surface area contributed by atoms with E-state index in [4.69, 9.17) is 4.74 Å². The van der Waals surface area contributed by atoms with Crippen molar-refractivity contribution < 1.29 is 4.74 Å². The number of hydrogen-bond donors (Lipinski definition) is 2. The molecule has 0 aliphatic heterocycles. The molecule has 1 aromatic rings. The predicted octanol–water partition coefficient (Wildman–Crippen LogP) is 2.19. The Morgan fingerprint density at radius 2 is 2.22 bits per heavy atom. The molecule has 1 aromatic carbocycles. The van der Waals surface area contributed by atoms with Crippen molar-refractivity contribution in [3.63, 3.8) is 0 Å². The number of ether oxygens (including phenoxy) is 1. The third-order valence-corrected chi connectivity index (χ3v) is 3.12. The van der Waals surface area contributed by atoms with Gasteiger partial charge in [0.2, 0.25) is 0 Å². The Kier molecular flexibility index (Phi) is 6.57. The number of hydrogen-bond acceptors (Lipinski definition) is 2. The Morgan fingerprint density at radius 3 is 2.83 bits per heavy atom. The number of benzene rings is 1. The van der Waals surface area contributed by atoms with Gasteiger partial charge in [0, 0.05) is 25.1 Å². The number of halogens is 1. The van der Waals surface area contributed by atoms with E-state index in [-0.39, 0.29) is 0 Å². The van der Waals surface area contributed by atoms with E-state index in [0.717, 1.165) is 35.6 Å². The van der Waals surface area contributed by atoms with E-state index >= 15 is 0 Å². The van der Waals surface area contributed by atoms with Crippen LogP contribution in [0.1, 0.15) is 12.0 Å². The summed E-state index contributed by atoms with van der Waals surface area (Å²) in [6.45, 7) is 0.882. The molecule has 0 saturated heterocycles. The third-order valence-electron chi connectivity index (χ3n) is 2.62. The zero-order valence-corrected chi connectivity index (χ0v) is 12.7. The van der Waals surface area contributed by atoms with Gasteiger partial charge in [-0.15, -0.1) is 0 Å². The lowest BCUT2D eigenvalue weighted by molar-refractivity contribution is 0.409. The lowest BCUT2D eigenvalue weighted by Crippen LogP contribution is -2.35. The second kappa shape index (κ2) is 7.97. The maximum atomic E-state index is 5.36. The minimum atomic E-state index is 0.817. The summed E-state index contributed by atoms with van der Waals surface area (Å²) in [4.78, 5) is 4.06. The van der Waals surface area contributed by atoms with Crippen molar-refractivity contribution in [3.8, 4) is 5.75 Å². The Balaban J connectivity index is 2.44. The summed E-state index contributed by atoms with van der Waals surface area (Å²) >= 11 is 3.44. The molecule has 0 atom stereocenters. The second-order valence-electron chi connectivity index (χ2n) is 3.81. The van der Waals surface area contributed by atoms with E-state index in [9.17, 15) is 0 Å². The standard InChI is InChI=1S/C13H20BrN3O/c1-15-13(16-2)17-8-4-5-10-6-7-11(14)9-12(10)18-3/h6-7,9H,4-5,8H2,1-3H3,(H2,15,16,17). The molecule has 0 fully saturated rings. The van der Waals surface area contributed by atoms with Gasteiger partial charge in [0.05, 0.1) is 7.11 Å². The van der Waals surface area contributed by atoms with Crippen LogP contribution in [0.2, 0.25) is 0 Å². The summed E-state index contributed by atoms with van der Waals surface area (Å²) in [6.07, 6.45) is 2.00. The van der Waals surface area contributed by atoms with Gasteiger partial charge < -0.3 is 15.4 Å². The van der Waals surface area contributed by atoms with Crippen LogP contribution in [0, 0.1) is 0 Å². The molecule has 0 aliphatic rings. The Hall–Kier alpha value is -1.23. The number of guanidine groups is 1. The van der Waals surface area contributed by atoms with Crippen LogP contribution in [0.4, 0.5) is 0 Å². The fourth-order valence-corrected chi connectivity index (χ4v) is 2.03. The maximum absolute atomic E-state index is 5.36. The minimum absolute atomic E-state index is 0.817. The molecule has 0 unspecified atom stereocenters. The minimum Gasteiger partial charge on any atom is -0.496 e. The predicted molar refractivity (Wildman–Crippen MR) is 79.4 cm³/mol. The van der Waals surface area contributed by atoms with E-state index in [1.165, 1.54) is 5.56 Å². The van der Waals surface area contributed by atoms with Gasteiger partial charge in [-0.1, -0.05) is 22.0 Å². The molecule has 0 heterocycles. The SMILES string of the molecule is CN=C(NC)NCCCc1ccc(Br)cc1OC. The molecule has 0 saturated carbocycles. The highest BCUT2D eigenvalue weighted by atomic mass is 79.9. The normalized spacial score (nSPS) is 11.2. The van der Waals surface area contributed by atoms with Crippen molar-refractivity contribution in [2.45, 2.75) is 12.8 Å². The molecule has 1 rings (SSSR count). The zero-order chi connectivity index (χ0) is 13.4. The number of aryl methyl sites for hydroxylation is 1. The van der Waals surface area contributed by atoms with Crippen molar-refractivity contribution in [1.82, 2.24) is 10.6 Å². The fourth-order valence-electron chi connectivity index (χ4n) is 1.69. The van der Waals surface area contributed by atoms with E-state index in [1.54, 1.807) is 14.2 Å². The summed E-state index contributed by atoms with van der Waals surface area (Å²) in [5, 5.41) is 6.22. The molecular weight excluding hydrogens is 294 g/mol. The van der Waals surface area contributed by atoms with Gasteiger partial charge >= 0.3 is 0 Å². The summed E-state index contributed by atoms with van der Waals surface area (Å²) in [6, 6.07) is 6.13. The monoisotopic (exact) mass is 313 g/mol. The number of methoxy groups -OCH3 is 1. The van der Waals surface area contributed by atoms with Crippen molar-refractivity contribution >= 4 is 21.9 Å². The number of nitrogens with one attached hydrogen (secondary N) is 2. The fraction of sp³-hybridized carbons (Fsp3) is 0.462. The quantitative estimate of drug-likeness (QED) is 0.497. The molecule has 0 spiro atoms. The molecule has 0 amide bonds. The first-order valence-electron chi connectivity index (χ1n) is 5.92. The molecule has 4 nitrogen and oxygen atoms in total. The van der Waals surface area contributed by atoms with Gasteiger partial charge in [0.15, 0.2) is 5.96 Å². The Labute approximate surface area is 117 Å². The van der Waals surface area contributed by atoms with Gasteiger partial charge in [-0.2, -0.15) is 0 Å². The highest BCUT2D eigenvalue weighted by Crippen LogP contribution is 2.24. The topological polar surface area (TPSA) is 45.7 Å². The number of aliphatic imine (C=N–C) groups is 1. The Bertz CT molecular complexity index is 407. The molecule has 2 N–H and O–H groups in total. The van der Waals surface area contributed by atoms with Crippen LogP contribution < -0.4 is 15.4 Å². The van der Waals surface area contributed by atoms with E-state index in [1.807, 2.05) is 19.2 Å². The van der Waals surface area contributed by atoms with Crippen molar-refractivity contribution in [2.24, 2.45) is 4.99 Å². The average Bonchev–Trinajstić information content (AvgIpc) is 2.40. The number of rotatable bonds is 5. The molecule has 100 valence electrons. The van der Waals surface area contributed by atoms with Gasteiger partial charge in [-0.3, -0.25) is 4.99 Å². The first kappa shape index (κ1) is 14.8. The summed E-state index contributed by atoms with van der Waals surface area (Å²) in [5.74, 6) is 1.75. The van der Waals surface area contributed by atoms with Crippen LogP contribution in [0.3, 0.4) is 0 Å². The average molecular weight is 314 g/mol. The highest BCUT2D eigenvalue weighted by Gasteiger charge is 2.03. The summed E-state index contributed by atoms with van der Waals surface area (Å²) in [5.41, 5.74) is 1.22. The molecule has 0 aromatic heterocycles. The molecule has 0 radical (unpaired) electrons. The van der Waals surface area contributed by atoms with Crippen molar-refractivity contribution in [1.29, 1.82) is 0 Å². The van der Waals surface area contributed by atoms with Crippen LogP contribution in [-0.4, -0.2) is 33.7 Å². The van der Waals surface area contributed by atoms with E-state index < -0.39 is 0 Å². The first-order chi connectivity index (χ1) is 8.71. The van der Waals surface area contributed by atoms with E-state index in [2.05, 4.69) is 37.6 Å². The first-order valence-corrected chi connectivity index (χ1v) is 6.71. The summed E-state index contributed by atoms with van der Waals surface area (Å²) < 4.78 is 6.40. The number of nitrogens with zero attached hydrogens (tertiary/aromatic N) is 1. The second-order valence-corrected chi connectivity index (χ2v) is 4.72. The van der Waals surface area contributed by atoms with Crippen LogP contribution in [0.15, 0.2) is 27.7 Å². The van der Waals surface area contributed by atoms with Gasteiger partial charge in [-0.25, -0.2) is 0 Å². The third kappa shape index (κ3) is 4.56. The highest BCUT2D eigenvalue weighted by molar-refractivity contribution is 9.10. The van der Waals surface area contributed by atoms with Crippen molar-refractivity contribution in [3.05, 3.63) is 28.2 Å². The van der Waals surface area contributed by atoms with Gasteiger partial charge in [-0.05, 0) is 30.5 Å².